The van der Waals surface area contributed by atoms with E-state index in [9.17, 15) is 0 Å². The molecule has 1 aromatic heterocycles. The van der Waals surface area contributed by atoms with E-state index < -0.39 is 0 Å². The van der Waals surface area contributed by atoms with Crippen molar-refractivity contribution >= 4 is 16.3 Å². The summed E-state index contributed by atoms with van der Waals surface area (Å²) in [7, 11) is 0. The molecule has 0 amide bonds. The first-order valence-electron chi connectivity index (χ1n) is 18.1. The lowest BCUT2D eigenvalue weighted by molar-refractivity contribution is 0.154. The van der Waals surface area contributed by atoms with Crippen molar-refractivity contribution in [2.75, 3.05) is 0 Å². The highest BCUT2D eigenvalue weighted by molar-refractivity contribution is 5.97. The Bertz CT molecular complexity index is 2290. The number of nitrogens with one attached hydrogen (secondary N) is 2. The second kappa shape index (κ2) is 13.8. The van der Waals surface area contributed by atoms with Crippen molar-refractivity contribution in [3.63, 3.8) is 0 Å². The standard InChI is InChI=1S/C46H40N4O2/c47-28-34(45-48-23-25-51-45)9-6-14-39-38-11-3-4-12-40(38)44(43-22-20-35(29-50-43)46-49-24-26-52-46)41-21-19-33(27-42(39)41)30-15-17-32(18-16-30)37-13-5-8-31-7-1-2-10-36(31)37/h1-2,4-10,12-13,15-29,38-39,45-46,48-49H,3,11,14,47H2/b9-6-,34-28+. The van der Waals surface area contributed by atoms with E-state index in [1.165, 1.54) is 55.3 Å². The van der Waals surface area contributed by atoms with Crippen LogP contribution in [0.2, 0.25) is 0 Å². The van der Waals surface area contributed by atoms with Crippen molar-refractivity contribution in [1.82, 2.24) is 15.6 Å². The fourth-order valence-electron chi connectivity index (χ4n) is 8.20. The average molecular weight is 681 g/mol. The molecule has 4 aromatic carbocycles. The number of nitrogens with two attached hydrogens (primary N) is 1. The molecule has 5 aromatic rings. The second-order valence-electron chi connectivity index (χ2n) is 13.7. The molecule has 52 heavy (non-hydrogen) atoms. The van der Waals surface area contributed by atoms with E-state index >= 15 is 0 Å². The molecule has 0 fully saturated rings. The molecule has 0 saturated carbocycles. The number of rotatable bonds is 8. The Hall–Kier alpha value is -6.27. The van der Waals surface area contributed by atoms with Crippen LogP contribution in [0.5, 0.6) is 0 Å². The molecule has 2 aliphatic heterocycles. The Labute approximate surface area is 304 Å². The Morgan fingerprint density at radius 3 is 2.46 bits per heavy atom. The summed E-state index contributed by atoms with van der Waals surface area (Å²) in [6, 6.07) is 35.4. The summed E-state index contributed by atoms with van der Waals surface area (Å²) in [4.78, 5) is 5.04. The van der Waals surface area contributed by atoms with Crippen LogP contribution < -0.4 is 16.4 Å². The van der Waals surface area contributed by atoms with Crippen molar-refractivity contribution < 1.29 is 9.47 Å². The molecule has 3 heterocycles. The fraction of sp³-hybridized carbons (Fsp3) is 0.152. The molecule has 0 radical (unpaired) electrons. The van der Waals surface area contributed by atoms with E-state index in [0.717, 1.165) is 36.1 Å². The number of ether oxygens (including phenoxy) is 2. The molecule has 0 saturated heterocycles. The van der Waals surface area contributed by atoms with Gasteiger partial charge >= 0.3 is 0 Å². The van der Waals surface area contributed by atoms with E-state index in [-0.39, 0.29) is 18.4 Å². The third kappa shape index (κ3) is 5.86. The van der Waals surface area contributed by atoms with Gasteiger partial charge in [-0.05, 0) is 93.0 Å². The summed E-state index contributed by atoms with van der Waals surface area (Å²) in [5.41, 5.74) is 19.0. The van der Waals surface area contributed by atoms with Crippen molar-refractivity contribution in [3.05, 3.63) is 192 Å². The average Bonchev–Trinajstić information content (AvgIpc) is 3.95. The number of pyridine rings is 1. The maximum Gasteiger partial charge on any atom is 0.196 e. The summed E-state index contributed by atoms with van der Waals surface area (Å²) >= 11 is 0. The van der Waals surface area contributed by atoms with Crippen LogP contribution in [0.1, 0.15) is 53.8 Å². The molecule has 0 spiro atoms. The van der Waals surface area contributed by atoms with Gasteiger partial charge in [0.25, 0.3) is 0 Å². The van der Waals surface area contributed by atoms with Crippen LogP contribution in [0.15, 0.2) is 170 Å². The summed E-state index contributed by atoms with van der Waals surface area (Å²) in [5, 5.41) is 8.96. The largest absolute Gasteiger partial charge is 0.473 e. The van der Waals surface area contributed by atoms with Gasteiger partial charge in [0, 0.05) is 41.5 Å². The molecule has 0 bridgehead atoms. The number of fused-ring (bicyclic) bond motifs is 3. The van der Waals surface area contributed by atoms with Crippen molar-refractivity contribution in [2.24, 2.45) is 11.7 Å². The molecular weight excluding hydrogens is 641 g/mol. The zero-order valence-electron chi connectivity index (χ0n) is 28.8. The zero-order valence-corrected chi connectivity index (χ0v) is 28.8. The monoisotopic (exact) mass is 680 g/mol. The van der Waals surface area contributed by atoms with Crippen LogP contribution in [0.4, 0.5) is 0 Å². The number of hydrogen-bond donors (Lipinski definition) is 3. The van der Waals surface area contributed by atoms with E-state index in [1.807, 2.05) is 12.4 Å². The minimum absolute atomic E-state index is 0.209. The molecule has 6 heteroatoms. The predicted octanol–water partition coefficient (Wildman–Crippen LogP) is 9.73. The molecule has 4 aliphatic rings. The van der Waals surface area contributed by atoms with Gasteiger partial charge < -0.3 is 25.8 Å². The molecular formula is C46H40N4O2. The minimum Gasteiger partial charge on any atom is -0.473 e. The van der Waals surface area contributed by atoms with E-state index in [1.54, 1.807) is 24.9 Å². The molecule has 2 aliphatic carbocycles. The lowest BCUT2D eigenvalue weighted by Gasteiger charge is -2.38. The van der Waals surface area contributed by atoms with E-state index in [4.69, 9.17) is 20.2 Å². The van der Waals surface area contributed by atoms with E-state index in [0.29, 0.717) is 5.92 Å². The number of benzene rings is 4. The number of aromatic nitrogens is 1. The zero-order chi connectivity index (χ0) is 34.9. The van der Waals surface area contributed by atoms with Gasteiger partial charge in [0.2, 0.25) is 0 Å². The maximum atomic E-state index is 6.05. The van der Waals surface area contributed by atoms with Crippen LogP contribution >= 0.6 is 0 Å². The molecule has 6 nitrogen and oxygen atoms in total. The van der Waals surface area contributed by atoms with Crippen LogP contribution in [0, 0.1) is 5.92 Å². The first-order valence-corrected chi connectivity index (χ1v) is 18.1. The lowest BCUT2D eigenvalue weighted by Crippen LogP contribution is -2.24. The first-order chi connectivity index (χ1) is 25.7. The van der Waals surface area contributed by atoms with Gasteiger partial charge in [-0.3, -0.25) is 4.98 Å². The summed E-state index contributed by atoms with van der Waals surface area (Å²) in [6.07, 6.45) is 22.1. The van der Waals surface area contributed by atoms with Gasteiger partial charge in [-0.2, -0.15) is 0 Å². The van der Waals surface area contributed by atoms with Gasteiger partial charge in [-0.1, -0.05) is 109 Å². The third-order valence-corrected chi connectivity index (χ3v) is 10.8. The summed E-state index contributed by atoms with van der Waals surface area (Å²) in [6.45, 7) is 0. The highest BCUT2D eigenvalue weighted by Crippen LogP contribution is 2.51. The fourth-order valence-corrected chi connectivity index (χ4v) is 8.20. The van der Waals surface area contributed by atoms with Crippen molar-refractivity contribution in [1.29, 1.82) is 0 Å². The van der Waals surface area contributed by atoms with Gasteiger partial charge in [0.1, 0.15) is 12.5 Å². The van der Waals surface area contributed by atoms with Gasteiger partial charge in [0.15, 0.2) is 12.5 Å². The number of nitrogens with zero attached hydrogens (tertiary/aromatic N) is 1. The number of allylic oxidation sites excluding steroid dienone is 4. The predicted molar refractivity (Wildman–Crippen MR) is 209 cm³/mol. The maximum absolute atomic E-state index is 6.05. The van der Waals surface area contributed by atoms with Gasteiger partial charge in [0.05, 0.1) is 5.69 Å². The third-order valence-electron chi connectivity index (χ3n) is 10.8. The van der Waals surface area contributed by atoms with Crippen LogP contribution in [-0.2, 0) is 9.47 Å². The Kier molecular flexibility index (Phi) is 8.41. The van der Waals surface area contributed by atoms with Crippen LogP contribution in [0.25, 0.3) is 38.6 Å². The van der Waals surface area contributed by atoms with Crippen LogP contribution in [-0.4, -0.2) is 11.2 Å². The molecule has 256 valence electrons. The SMILES string of the molecule is N/C=C(\C=C/CC1c2cc(-c3ccc(-c4cccc5ccccc45)cc3)ccc2C(c2ccc(C3NC=CO3)cn2)=C2C=CCCC21)C1NC=CO1. The lowest BCUT2D eigenvalue weighted by atomic mass is 9.66. The van der Waals surface area contributed by atoms with Crippen molar-refractivity contribution in [3.8, 4) is 22.3 Å². The van der Waals surface area contributed by atoms with Crippen LogP contribution in [0.3, 0.4) is 0 Å². The normalized spacial score (nSPS) is 21.8. The quantitative estimate of drug-likeness (QED) is 0.142. The molecule has 4 unspecified atom stereocenters. The second-order valence-corrected chi connectivity index (χ2v) is 13.7. The van der Waals surface area contributed by atoms with E-state index in [2.05, 4.69) is 132 Å². The summed E-state index contributed by atoms with van der Waals surface area (Å²) in [5.74, 6) is 0.625. The minimum atomic E-state index is -0.266. The first kappa shape index (κ1) is 31.7. The Balaban J connectivity index is 1.11. The van der Waals surface area contributed by atoms with Gasteiger partial charge in [-0.15, -0.1) is 0 Å². The summed E-state index contributed by atoms with van der Waals surface area (Å²) < 4.78 is 11.4. The Morgan fingerprint density at radius 1 is 0.827 bits per heavy atom. The molecule has 4 N–H and O–H groups in total. The molecule has 9 rings (SSSR count). The highest BCUT2D eigenvalue weighted by atomic mass is 16.5. The number of hydrogen-bond acceptors (Lipinski definition) is 6. The van der Waals surface area contributed by atoms with Gasteiger partial charge in [-0.25, -0.2) is 0 Å². The molecule has 4 atom stereocenters. The van der Waals surface area contributed by atoms with Crippen molar-refractivity contribution in [2.45, 2.75) is 37.6 Å². The Morgan fingerprint density at radius 2 is 1.65 bits per heavy atom. The highest BCUT2D eigenvalue weighted by Gasteiger charge is 2.36. The smallest absolute Gasteiger partial charge is 0.196 e. The topological polar surface area (TPSA) is 81.4 Å².